The number of esters is 1. The van der Waals surface area contributed by atoms with E-state index in [9.17, 15) is 18.0 Å². The monoisotopic (exact) mass is 343 g/mol. The number of aromatic nitrogens is 1. The number of hydrogen-bond acceptors (Lipinski definition) is 4. The largest absolute Gasteiger partial charge is 0.427 e. The molecule has 0 spiro atoms. The molecule has 0 aliphatic heterocycles. The fourth-order valence-electron chi connectivity index (χ4n) is 1.68. The molecule has 132 valence electrons. The Bertz CT molecular complexity index is 627. The number of aryl methyl sites for hydroxylation is 1. The molecule has 0 aromatic carbocycles. The third-order valence-corrected chi connectivity index (χ3v) is 3.36. The molecule has 0 fully saturated rings. The summed E-state index contributed by atoms with van der Waals surface area (Å²) >= 11 is 0. The van der Waals surface area contributed by atoms with Crippen LogP contribution in [0.15, 0.2) is 47.7 Å². The minimum Gasteiger partial charge on any atom is -0.427 e. The van der Waals surface area contributed by atoms with Crippen molar-refractivity contribution in [3.8, 4) is 0 Å². The van der Waals surface area contributed by atoms with Crippen LogP contribution in [0.25, 0.3) is 0 Å². The topological polar surface area (TPSA) is 52.3 Å². The van der Waals surface area contributed by atoms with Crippen LogP contribution in [0, 0.1) is 0 Å². The number of alkyl halides is 3. The zero-order valence-corrected chi connectivity index (χ0v) is 13.7. The van der Waals surface area contributed by atoms with Crippen molar-refractivity contribution in [1.82, 2.24) is 5.16 Å². The second kappa shape index (κ2) is 7.99. The molecule has 0 radical (unpaired) electrons. The molecular formula is C17H20F3NO3. The van der Waals surface area contributed by atoms with Crippen molar-refractivity contribution in [2.45, 2.75) is 44.7 Å². The van der Waals surface area contributed by atoms with Crippen molar-refractivity contribution in [2.24, 2.45) is 0 Å². The van der Waals surface area contributed by atoms with E-state index in [4.69, 9.17) is 9.26 Å². The number of hydrogen-bond donors (Lipinski definition) is 0. The zero-order valence-electron chi connectivity index (χ0n) is 13.7. The summed E-state index contributed by atoms with van der Waals surface area (Å²) in [6, 6.07) is 1.27. The molecule has 1 rings (SSSR count). The minimum absolute atomic E-state index is 0.0891. The van der Waals surface area contributed by atoms with Crippen molar-refractivity contribution in [3.63, 3.8) is 0 Å². The van der Waals surface area contributed by atoms with E-state index in [1.54, 1.807) is 6.08 Å². The van der Waals surface area contributed by atoms with Crippen LogP contribution in [0.1, 0.15) is 38.1 Å². The number of halogens is 3. The Morgan fingerprint density at radius 3 is 2.67 bits per heavy atom. The average Bonchev–Trinajstić information content (AvgIpc) is 2.93. The summed E-state index contributed by atoms with van der Waals surface area (Å²) in [5, 5.41) is 3.63. The molecule has 0 saturated carbocycles. The van der Waals surface area contributed by atoms with Gasteiger partial charge in [0.15, 0.2) is 5.76 Å². The van der Waals surface area contributed by atoms with E-state index >= 15 is 0 Å². The molecule has 0 atom stereocenters. The Kier molecular flexibility index (Phi) is 6.57. The standard InChI is InChI=1S/C17H20F3NO3/c1-5-6-8-12(2)23-15(22)10-7-9-13-11-14(24-21-13)16(3,4)17(18,19)20/h5-6,8,11H,1-2,7,9-10H2,3-4H3. The van der Waals surface area contributed by atoms with Gasteiger partial charge in [-0.1, -0.05) is 30.5 Å². The lowest BCUT2D eigenvalue weighted by atomic mass is 9.89. The van der Waals surface area contributed by atoms with Gasteiger partial charge in [0.1, 0.15) is 11.2 Å². The van der Waals surface area contributed by atoms with Gasteiger partial charge in [0.05, 0.1) is 5.69 Å². The summed E-state index contributed by atoms with van der Waals surface area (Å²) < 4.78 is 48.5. The first-order valence-corrected chi connectivity index (χ1v) is 7.29. The lowest BCUT2D eigenvalue weighted by molar-refractivity contribution is -0.185. The van der Waals surface area contributed by atoms with Crippen LogP contribution in [-0.4, -0.2) is 17.3 Å². The van der Waals surface area contributed by atoms with Gasteiger partial charge in [-0.2, -0.15) is 13.2 Å². The highest BCUT2D eigenvalue weighted by Gasteiger charge is 2.51. The van der Waals surface area contributed by atoms with E-state index in [0.717, 1.165) is 13.8 Å². The summed E-state index contributed by atoms with van der Waals surface area (Å²) in [6.45, 7) is 9.06. The second-order valence-electron chi connectivity index (χ2n) is 5.69. The minimum atomic E-state index is -4.44. The summed E-state index contributed by atoms with van der Waals surface area (Å²) in [5.41, 5.74) is -1.76. The van der Waals surface area contributed by atoms with Crippen molar-refractivity contribution in [1.29, 1.82) is 0 Å². The van der Waals surface area contributed by atoms with E-state index in [1.165, 1.54) is 18.2 Å². The maximum Gasteiger partial charge on any atom is 0.401 e. The molecule has 0 unspecified atom stereocenters. The third-order valence-electron chi connectivity index (χ3n) is 3.36. The summed E-state index contributed by atoms with van der Waals surface area (Å²) in [5.74, 6) is -0.542. The van der Waals surface area contributed by atoms with Crippen molar-refractivity contribution < 1.29 is 27.2 Å². The highest BCUT2D eigenvalue weighted by atomic mass is 19.4. The molecular weight excluding hydrogens is 323 g/mol. The van der Waals surface area contributed by atoms with Gasteiger partial charge in [0.2, 0.25) is 0 Å². The van der Waals surface area contributed by atoms with Gasteiger partial charge in [-0.3, -0.25) is 4.79 Å². The lowest BCUT2D eigenvalue weighted by Gasteiger charge is -2.24. The Labute approximate surface area is 138 Å². The van der Waals surface area contributed by atoms with Gasteiger partial charge in [0, 0.05) is 12.5 Å². The first-order chi connectivity index (χ1) is 11.1. The normalized spacial score (nSPS) is 12.4. The quantitative estimate of drug-likeness (QED) is 0.392. The maximum atomic E-state index is 12.9. The molecule has 24 heavy (non-hydrogen) atoms. The van der Waals surface area contributed by atoms with Crippen LogP contribution in [0.3, 0.4) is 0 Å². The number of nitrogens with zero attached hydrogens (tertiary/aromatic N) is 1. The van der Waals surface area contributed by atoms with E-state index in [2.05, 4.69) is 18.3 Å². The average molecular weight is 343 g/mol. The van der Waals surface area contributed by atoms with Crippen LogP contribution in [0.2, 0.25) is 0 Å². The highest BCUT2D eigenvalue weighted by Crippen LogP contribution is 2.40. The third kappa shape index (κ3) is 5.40. The van der Waals surface area contributed by atoms with Gasteiger partial charge >= 0.3 is 12.1 Å². The van der Waals surface area contributed by atoms with Crippen molar-refractivity contribution in [2.75, 3.05) is 0 Å². The summed E-state index contributed by atoms with van der Waals surface area (Å²) in [4.78, 5) is 11.6. The summed E-state index contributed by atoms with van der Waals surface area (Å²) in [7, 11) is 0. The molecule has 0 aliphatic carbocycles. The van der Waals surface area contributed by atoms with Crippen LogP contribution in [-0.2, 0) is 21.4 Å². The van der Waals surface area contributed by atoms with Gasteiger partial charge in [-0.05, 0) is 32.8 Å². The number of carbonyl (C=O) groups excluding carboxylic acids is 1. The van der Waals surface area contributed by atoms with Crippen LogP contribution < -0.4 is 0 Å². The molecule has 4 nitrogen and oxygen atoms in total. The van der Waals surface area contributed by atoms with Crippen LogP contribution in [0.5, 0.6) is 0 Å². The Morgan fingerprint density at radius 1 is 1.42 bits per heavy atom. The number of ether oxygens (including phenoxy) is 1. The Morgan fingerprint density at radius 2 is 2.08 bits per heavy atom. The van der Waals surface area contributed by atoms with E-state index in [1.807, 2.05) is 0 Å². The summed E-state index contributed by atoms with van der Waals surface area (Å²) in [6.07, 6.45) is 0.919. The fraction of sp³-hybridized carbons (Fsp3) is 0.412. The predicted octanol–water partition coefficient (Wildman–Crippen LogP) is 4.64. The fourth-order valence-corrected chi connectivity index (χ4v) is 1.68. The lowest BCUT2D eigenvalue weighted by Crippen LogP contribution is -2.35. The number of allylic oxidation sites excluding steroid dienone is 3. The molecule has 0 amide bonds. The highest BCUT2D eigenvalue weighted by molar-refractivity contribution is 5.70. The molecule has 0 saturated heterocycles. The van der Waals surface area contributed by atoms with Crippen molar-refractivity contribution >= 4 is 5.97 Å². The van der Waals surface area contributed by atoms with E-state index < -0.39 is 17.6 Å². The Hall–Kier alpha value is -2.31. The number of carbonyl (C=O) groups is 1. The van der Waals surface area contributed by atoms with Gasteiger partial charge in [-0.15, -0.1) is 0 Å². The van der Waals surface area contributed by atoms with E-state index in [-0.39, 0.29) is 17.9 Å². The molecule has 1 aromatic rings. The predicted molar refractivity (Wildman–Crippen MR) is 83.1 cm³/mol. The first kappa shape index (κ1) is 19.7. The second-order valence-corrected chi connectivity index (χ2v) is 5.69. The zero-order chi connectivity index (χ0) is 18.4. The number of rotatable bonds is 8. The smallest absolute Gasteiger partial charge is 0.401 e. The SMILES string of the molecule is C=CC=CC(=C)OC(=O)CCCc1cc(C(C)(C)C(F)(F)F)on1. The maximum absolute atomic E-state index is 12.9. The molecule has 1 heterocycles. The van der Waals surface area contributed by atoms with E-state index in [0.29, 0.717) is 18.5 Å². The van der Waals surface area contributed by atoms with Crippen LogP contribution in [0.4, 0.5) is 13.2 Å². The van der Waals surface area contributed by atoms with Gasteiger partial charge in [0.25, 0.3) is 0 Å². The Balaban J connectivity index is 2.50. The molecule has 0 bridgehead atoms. The van der Waals surface area contributed by atoms with Gasteiger partial charge in [-0.25, -0.2) is 0 Å². The molecule has 7 heteroatoms. The molecule has 0 aliphatic rings. The van der Waals surface area contributed by atoms with Gasteiger partial charge < -0.3 is 9.26 Å². The van der Waals surface area contributed by atoms with Crippen molar-refractivity contribution in [3.05, 3.63) is 54.7 Å². The molecule has 1 aromatic heterocycles. The van der Waals surface area contributed by atoms with Crippen LogP contribution >= 0.6 is 0 Å². The molecule has 0 N–H and O–H groups in total. The first-order valence-electron chi connectivity index (χ1n) is 7.29.